The van der Waals surface area contributed by atoms with Gasteiger partial charge < -0.3 is 14.7 Å². The van der Waals surface area contributed by atoms with Crippen LogP contribution in [0.25, 0.3) is 10.6 Å². The molecule has 1 aromatic heterocycles. The van der Waals surface area contributed by atoms with Crippen LogP contribution in [-0.4, -0.2) is 47.6 Å². The van der Waals surface area contributed by atoms with Gasteiger partial charge >= 0.3 is 12.1 Å². The zero-order chi connectivity index (χ0) is 18.2. The monoisotopic (exact) mass is 373 g/mol. The van der Waals surface area contributed by atoms with E-state index in [1.54, 1.807) is 31.4 Å². The summed E-state index contributed by atoms with van der Waals surface area (Å²) in [5.74, 6) is -4.21. The van der Waals surface area contributed by atoms with E-state index in [9.17, 15) is 18.0 Å². The molecule has 134 valence electrons. The van der Waals surface area contributed by atoms with Crippen LogP contribution in [0.2, 0.25) is 0 Å². The minimum atomic E-state index is -4.57. The lowest BCUT2D eigenvalue weighted by Gasteiger charge is -2.17. The predicted molar refractivity (Wildman–Crippen MR) is 84.8 cm³/mol. The summed E-state index contributed by atoms with van der Waals surface area (Å²) in [6, 6.07) is 7.02. The fraction of sp³-hybridized carbons (Fsp3) is 0.400. The maximum atomic E-state index is 13.1. The van der Waals surface area contributed by atoms with Gasteiger partial charge in [0.25, 0.3) is 0 Å². The number of nitrogens with zero attached hydrogens (tertiary/aromatic N) is 3. The molecule has 0 saturated carbocycles. The Labute approximate surface area is 144 Å². The van der Waals surface area contributed by atoms with Crippen LogP contribution in [0.5, 0.6) is 5.75 Å². The Bertz CT molecular complexity index is 763. The normalized spacial score (nSPS) is 20.7. The van der Waals surface area contributed by atoms with Crippen molar-refractivity contribution in [1.29, 1.82) is 0 Å². The van der Waals surface area contributed by atoms with Crippen molar-refractivity contribution in [2.45, 2.75) is 6.18 Å². The number of carboxylic acid groups (broad SMARTS) is 1. The number of aromatic nitrogens is 2. The number of alkyl halides is 3. The summed E-state index contributed by atoms with van der Waals surface area (Å²) in [4.78, 5) is 12.5. The number of hydrogen-bond acceptors (Lipinski definition) is 6. The van der Waals surface area contributed by atoms with E-state index >= 15 is 0 Å². The van der Waals surface area contributed by atoms with E-state index in [1.807, 2.05) is 0 Å². The van der Waals surface area contributed by atoms with Crippen molar-refractivity contribution < 1.29 is 27.8 Å². The summed E-state index contributed by atoms with van der Waals surface area (Å²) in [5.41, 5.74) is 0.755. The first-order valence-corrected chi connectivity index (χ1v) is 8.13. The molecule has 0 amide bonds. The van der Waals surface area contributed by atoms with E-state index in [0.717, 1.165) is 16.9 Å². The minimum Gasteiger partial charge on any atom is -0.497 e. The van der Waals surface area contributed by atoms with Crippen molar-refractivity contribution in [3.63, 3.8) is 0 Å². The first-order valence-electron chi connectivity index (χ1n) is 7.32. The number of ether oxygens (including phenoxy) is 1. The Morgan fingerprint density at radius 2 is 1.96 bits per heavy atom. The van der Waals surface area contributed by atoms with Crippen LogP contribution >= 0.6 is 11.3 Å². The van der Waals surface area contributed by atoms with Crippen molar-refractivity contribution in [2.24, 2.45) is 11.8 Å². The molecular formula is C15H14F3N3O3S. The topological polar surface area (TPSA) is 75.6 Å². The van der Waals surface area contributed by atoms with Crippen LogP contribution in [0.3, 0.4) is 0 Å². The molecule has 1 aliphatic rings. The predicted octanol–water partition coefficient (Wildman–Crippen LogP) is 2.91. The number of aliphatic carboxylic acids is 1. The Hall–Kier alpha value is -2.36. The molecule has 10 heteroatoms. The molecule has 1 aliphatic heterocycles. The van der Waals surface area contributed by atoms with E-state index in [4.69, 9.17) is 9.84 Å². The van der Waals surface area contributed by atoms with Crippen LogP contribution < -0.4 is 9.64 Å². The van der Waals surface area contributed by atoms with E-state index in [1.165, 1.54) is 4.90 Å². The standard InChI is InChI=1S/C15H14F3N3O3S/c1-24-9-4-2-8(3-5-9)12-19-20-14(25-12)21-6-10(13(22)23)11(7-21)15(16,17)18/h2-5,10-11H,6-7H2,1H3,(H,22,23)/t10-,11-/m1/s1. The van der Waals surface area contributed by atoms with Gasteiger partial charge in [0.15, 0.2) is 0 Å². The average molecular weight is 373 g/mol. The van der Waals surface area contributed by atoms with E-state index in [-0.39, 0.29) is 11.7 Å². The number of rotatable bonds is 4. The highest BCUT2D eigenvalue weighted by Crippen LogP contribution is 2.40. The summed E-state index contributed by atoms with van der Waals surface area (Å²) >= 11 is 1.13. The smallest absolute Gasteiger partial charge is 0.394 e. The summed E-state index contributed by atoms with van der Waals surface area (Å²) in [6.07, 6.45) is -4.57. The van der Waals surface area contributed by atoms with Gasteiger partial charge in [0.05, 0.1) is 18.9 Å². The fourth-order valence-electron chi connectivity index (χ4n) is 2.74. The van der Waals surface area contributed by atoms with Crippen LogP contribution in [0, 0.1) is 11.8 Å². The Morgan fingerprint density at radius 1 is 1.28 bits per heavy atom. The van der Waals surface area contributed by atoms with E-state index in [2.05, 4.69) is 10.2 Å². The second-order valence-electron chi connectivity index (χ2n) is 5.62. The molecule has 0 unspecified atom stereocenters. The number of benzene rings is 1. The number of hydrogen-bond donors (Lipinski definition) is 1. The van der Waals surface area contributed by atoms with Gasteiger partial charge in [0.2, 0.25) is 5.13 Å². The molecule has 0 aliphatic carbocycles. The van der Waals surface area contributed by atoms with Gasteiger partial charge in [-0.1, -0.05) is 11.3 Å². The third-order valence-corrected chi connectivity index (χ3v) is 5.11. The van der Waals surface area contributed by atoms with Crippen LogP contribution in [0.15, 0.2) is 24.3 Å². The highest BCUT2D eigenvalue weighted by Gasteiger charge is 2.53. The van der Waals surface area contributed by atoms with Gasteiger partial charge in [-0.25, -0.2) is 0 Å². The SMILES string of the molecule is COc1ccc(-c2nnc(N3C[C@@H](C(F)(F)F)[C@H](C(=O)O)C3)s2)cc1. The lowest BCUT2D eigenvalue weighted by Crippen LogP contribution is -2.33. The molecule has 6 nitrogen and oxygen atoms in total. The van der Waals surface area contributed by atoms with E-state index in [0.29, 0.717) is 10.8 Å². The quantitative estimate of drug-likeness (QED) is 0.888. The molecule has 3 rings (SSSR count). The maximum Gasteiger partial charge on any atom is 0.394 e. The first-order chi connectivity index (χ1) is 11.8. The number of methoxy groups -OCH3 is 1. The van der Waals surface area contributed by atoms with Gasteiger partial charge in [-0.05, 0) is 24.3 Å². The summed E-state index contributed by atoms with van der Waals surface area (Å²) < 4.78 is 44.3. The van der Waals surface area contributed by atoms with Crippen molar-refractivity contribution in [1.82, 2.24) is 10.2 Å². The fourth-order valence-corrected chi connectivity index (χ4v) is 3.60. The molecule has 1 N–H and O–H groups in total. The summed E-state index contributed by atoms with van der Waals surface area (Å²) in [5, 5.41) is 17.8. The molecule has 25 heavy (non-hydrogen) atoms. The van der Waals surface area contributed by atoms with Crippen LogP contribution in [-0.2, 0) is 4.79 Å². The highest BCUT2D eigenvalue weighted by atomic mass is 32.1. The number of anilines is 1. The molecule has 1 fully saturated rings. The Morgan fingerprint density at radius 3 is 2.48 bits per heavy atom. The van der Waals surface area contributed by atoms with Gasteiger partial charge in [0.1, 0.15) is 10.8 Å². The first kappa shape index (κ1) is 17.5. The molecular weight excluding hydrogens is 359 g/mol. The van der Waals surface area contributed by atoms with Gasteiger partial charge in [-0.3, -0.25) is 4.79 Å². The van der Waals surface area contributed by atoms with Crippen molar-refractivity contribution in [3.05, 3.63) is 24.3 Å². The molecule has 2 aromatic rings. The minimum absolute atomic E-state index is 0.239. The number of carboxylic acids is 1. The maximum absolute atomic E-state index is 13.1. The third kappa shape index (κ3) is 3.53. The molecule has 0 bridgehead atoms. The summed E-state index contributed by atoms with van der Waals surface area (Å²) in [7, 11) is 1.54. The molecule has 0 radical (unpaired) electrons. The van der Waals surface area contributed by atoms with Crippen molar-refractivity contribution >= 4 is 22.4 Å². The highest BCUT2D eigenvalue weighted by molar-refractivity contribution is 7.18. The Balaban J connectivity index is 1.81. The average Bonchev–Trinajstić information content (AvgIpc) is 3.21. The largest absolute Gasteiger partial charge is 0.497 e. The molecule has 2 atom stereocenters. The van der Waals surface area contributed by atoms with Gasteiger partial charge in [-0.2, -0.15) is 13.2 Å². The van der Waals surface area contributed by atoms with Gasteiger partial charge in [0, 0.05) is 18.7 Å². The van der Waals surface area contributed by atoms with Crippen molar-refractivity contribution in [2.75, 3.05) is 25.1 Å². The van der Waals surface area contributed by atoms with Crippen LogP contribution in [0.4, 0.5) is 18.3 Å². The van der Waals surface area contributed by atoms with E-state index < -0.39 is 30.5 Å². The molecule has 0 spiro atoms. The number of halogens is 3. The van der Waals surface area contributed by atoms with Crippen molar-refractivity contribution in [3.8, 4) is 16.3 Å². The molecule has 2 heterocycles. The molecule has 1 saturated heterocycles. The Kier molecular flexibility index (Phi) is 4.55. The summed E-state index contributed by atoms with van der Waals surface area (Å²) in [6.45, 7) is -0.672. The lowest BCUT2D eigenvalue weighted by atomic mass is 9.96. The third-order valence-electron chi connectivity index (χ3n) is 4.08. The lowest BCUT2D eigenvalue weighted by molar-refractivity contribution is -0.187. The van der Waals surface area contributed by atoms with Crippen LogP contribution in [0.1, 0.15) is 0 Å². The molecule has 1 aromatic carbocycles. The second kappa shape index (κ2) is 6.51. The second-order valence-corrected chi connectivity index (χ2v) is 6.57. The zero-order valence-corrected chi connectivity index (χ0v) is 13.8. The van der Waals surface area contributed by atoms with Gasteiger partial charge in [-0.15, -0.1) is 10.2 Å². The zero-order valence-electron chi connectivity index (χ0n) is 13.0. The number of carbonyl (C=O) groups is 1.